The topological polar surface area (TPSA) is 30.7 Å². The van der Waals surface area contributed by atoms with Crippen LogP contribution in [0.2, 0.25) is 0 Å². The minimum Gasteiger partial charge on any atom is -0.261 e. The number of hydrogen-bond acceptors (Lipinski definition) is 2. The lowest BCUT2D eigenvalue weighted by Gasteiger charge is -2.24. The summed E-state index contributed by atoms with van der Waals surface area (Å²) >= 11 is 0. The molecule has 1 aliphatic rings. The molecule has 2 heterocycles. The molecule has 1 fully saturated rings. The Morgan fingerprint density at radius 1 is 1.08 bits per heavy atom. The van der Waals surface area contributed by atoms with Crippen LogP contribution in [-0.4, -0.2) is 20.9 Å². The fourth-order valence-corrected chi connectivity index (χ4v) is 2.88. The van der Waals surface area contributed by atoms with E-state index in [1.165, 1.54) is 13.0 Å². The Morgan fingerprint density at radius 2 is 1.75 bits per heavy atom. The molecular weight excluding hydrogens is 336 g/mol. The van der Waals surface area contributed by atoms with E-state index < -0.39 is 29.9 Å². The number of rotatable bonds is 3. The third-order valence-corrected chi connectivity index (χ3v) is 4.04. The smallest absolute Gasteiger partial charge is 0.261 e. The van der Waals surface area contributed by atoms with Gasteiger partial charge in [0.05, 0.1) is 11.3 Å². The Bertz CT molecular complexity index is 742. The summed E-state index contributed by atoms with van der Waals surface area (Å²) < 4.78 is 80.7. The maximum atomic E-state index is 13.4. The van der Waals surface area contributed by atoms with Crippen molar-refractivity contribution in [3.05, 3.63) is 35.8 Å². The lowest BCUT2D eigenvalue weighted by Crippen LogP contribution is -2.30. The predicted molar refractivity (Wildman–Crippen MR) is 73.0 cm³/mol. The van der Waals surface area contributed by atoms with E-state index in [0.717, 1.165) is 18.5 Å². The quantitative estimate of drug-likeness (QED) is 0.746. The minimum absolute atomic E-state index is 0.00305. The zero-order valence-electron chi connectivity index (χ0n) is 12.5. The summed E-state index contributed by atoms with van der Waals surface area (Å²) in [4.78, 5) is 3.81. The van der Waals surface area contributed by atoms with Crippen molar-refractivity contribution in [2.24, 2.45) is 5.92 Å². The molecule has 1 atom stereocenters. The number of hydrogen-bond donors (Lipinski definition) is 0. The van der Waals surface area contributed by atoms with Gasteiger partial charge in [0.25, 0.3) is 0 Å². The van der Waals surface area contributed by atoms with Crippen molar-refractivity contribution >= 4 is 0 Å². The summed E-state index contributed by atoms with van der Waals surface area (Å²) in [7, 11) is 0. The minimum atomic E-state index is -4.70. The van der Waals surface area contributed by atoms with Crippen LogP contribution in [0, 0.1) is 12.8 Å². The molecule has 9 heteroatoms. The van der Waals surface area contributed by atoms with Gasteiger partial charge in [-0.2, -0.15) is 31.4 Å². The van der Waals surface area contributed by atoms with Crippen LogP contribution in [0.3, 0.4) is 0 Å². The third-order valence-electron chi connectivity index (χ3n) is 4.04. The molecule has 0 bridgehead atoms. The lowest BCUT2D eigenvalue weighted by atomic mass is 10.0. The largest absolute Gasteiger partial charge is 0.417 e. The van der Waals surface area contributed by atoms with E-state index in [-0.39, 0.29) is 17.0 Å². The van der Waals surface area contributed by atoms with Gasteiger partial charge >= 0.3 is 12.4 Å². The van der Waals surface area contributed by atoms with Crippen molar-refractivity contribution < 1.29 is 26.3 Å². The molecule has 0 amide bonds. The first-order valence-electron chi connectivity index (χ1n) is 7.24. The molecular formula is C15H13F6N3. The molecule has 0 radical (unpaired) electrons. The molecule has 1 saturated carbocycles. The first-order chi connectivity index (χ1) is 11.1. The van der Waals surface area contributed by atoms with E-state index in [2.05, 4.69) is 10.1 Å². The van der Waals surface area contributed by atoms with E-state index in [0.29, 0.717) is 17.5 Å². The molecule has 130 valence electrons. The van der Waals surface area contributed by atoms with Gasteiger partial charge in [0.1, 0.15) is 0 Å². The molecule has 24 heavy (non-hydrogen) atoms. The van der Waals surface area contributed by atoms with E-state index in [1.54, 1.807) is 0 Å². The van der Waals surface area contributed by atoms with E-state index >= 15 is 0 Å². The van der Waals surface area contributed by atoms with Gasteiger partial charge in [-0.05, 0) is 37.8 Å². The van der Waals surface area contributed by atoms with Gasteiger partial charge in [0.15, 0.2) is 6.04 Å². The molecule has 1 aliphatic carbocycles. The number of aromatic nitrogens is 3. The lowest BCUT2D eigenvalue weighted by molar-refractivity contribution is -0.175. The zero-order valence-corrected chi connectivity index (χ0v) is 12.5. The molecule has 0 aliphatic heterocycles. The second kappa shape index (κ2) is 5.49. The fourth-order valence-electron chi connectivity index (χ4n) is 2.88. The van der Waals surface area contributed by atoms with Crippen LogP contribution in [0.15, 0.2) is 24.5 Å². The number of halogens is 6. The van der Waals surface area contributed by atoms with Crippen LogP contribution in [0.4, 0.5) is 26.3 Å². The van der Waals surface area contributed by atoms with Crippen molar-refractivity contribution in [2.75, 3.05) is 0 Å². The van der Waals surface area contributed by atoms with Crippen molar-refractivity contribution in [1.82, 2.24) is 14.8 Å². The number of nitrogens with zero attached hydrogens (tertiary/aromatic N) is 3. The normalized spacial score (nSPS) is 17.1. The van der Waals surface area contributed by atoms with Crippen molar-refractivity contribution in [3.63, 3.8) is 0 Å². The van der Waals surface area contributed by atoms with Crippen LogP contribution in [0.25, 0.3) is 11.3 Å². The fraction of sp³-hybridized carbons (Fsp3) is 0.467. The highest BCUT2D eigenvalue weighted by Gasteiger charge is 2.51. The van der Waals surface area contributed by atoms with Gasteiger partial charge in [-0.15, -0.1) is 0 Å². The van der Waals surface area contributed by atoms with Gasteiger partial charge in [-0.3, -0.25) is 9.67 Å². The molecule has 2 aromatic heterocycles. The monoisotopic (exact) mass is 349 g/mol. The molecule has 0 aromatic carbocycles. The van der Waals surface area contributed by atoms with Crippen molar-refractivity contribution in [2.45, 2.75) is 38.2 Å². The second-order valence-corrected chi connectivity index (χ2v) is 5.80. The van der Waals surface area contributed by atoms with E-state index in [4.69, 9.17) is 0 Å². The summed E-state index contributed by atoms with van der Waals surface area (Å²) in [5.74, 6) is -0.657. The van der Waals surface area contributed by atoms with Crippen molar-refractivity contribution in [3.8, 4) is 11.3 Å². The Balaban J connectivity index is 2.19. The van der Waals surface area contributed by atoms with Gasteiger partial charge in [0, 0.05) is 23.7 Å². The standard InChI is InChI=1S/C15H13F6N3/c1-8-12(10(4-6-22-8)14(16,17)18)11-5-7-23-24(11)13(9-2-3-9)15(19,20)21/h4-7,9,13H,2-3H2,1H3/t13-/m0/s1. The highest BCUT2D eigenvalue weighted by Crippen LogP contribution is 2.50. The predicted octanol–water partition coefficient (Wildman–Crippen LogP) is 4.79. The van der Waals surface area contributed by atoms with Crippen LogP contribution in [0.1, 0.15) is 30.1 Å². The Morgan fingerprint density at radius 3 is 2.29 bits per heavy atom. The summed E-state index contributed by atoms with van der Waals surface area (Å²) in [5, 5.41) is 3.69. The zero-order chi connectivity index (χ0) is 17.7. The highest BCUT2D eigenvalue weighted by atomic mass is 19.4. The SMILES string of the molecule is Cc1nccc(C(F)(F)F)c1-c1ccnn1[C@@H](C1CC1)C(F)(F)F. The second-order valence-electron chi connectivity index (χ2n) is 5.80. The first-order valence-corrected chi connectivity index (χ1v) is 7.24. The van der Waals surface area contributed by atoms with Gasteiger partial charge in [0.2, 0.25) is 0 Å². The average molecular weight is 349 g/mol. The van der Waals surface area contributed by atoms with Gasteiger partial charge in [-0.1, -0.05) is 0 Å². The van der Waals surface area contributed by atoms with Crippen LogP contribution in [-0.2, 0) is 6.18 Å². The molecule has 2 aromatic rings. The summed E-state index contributed by atoms with van der Waals surface area (Å²) in [5.41, 5.74) is -1.60. The molecule has 0 N–H and O–H groups in total. The van der Waals surface area contributed by atoms with Crippen LogP contribution < -0.4 is 0 Å². The van der Waals surface area contributed by atoms with E-state index in [9.17, 15) is 26.3 Å². The molecule has 0 saturated heterocycles. The number of alkyl halides is 6. The van der Waals surface area contributed by atoms with Crippen molar-refractivity contribution in [1.29, 1.82) is 0 Å². The molecule has 0 spiro atoms. The Labute approximate surface area is 133 Å². The Kier molecular flexibility index (Phi) is 3.84. The maximum absolute atomic E-state index is 13.4. The molecule has 3 rings (SSSR count). The first kappa shape index (κ1) is 16.8. The summed E-state index contributed by atoms with van der Waals surface area (Å²) in [6, 6.07) is 0.00272. The third kappa shape index (κ3) is 2.99. The summed E-state index contributed by atoms with van der Waals surface area (Å²) in [6.07, 6.45) is -6.46. The van der Waals surface area contributed by atoms with E-state index in [1.807, 2.05) is 0 Å². The van der Waals surface area contributed by atoms with Gasteiger partial charge < -0.3 is 0 Å². The van der Waals surface area contributed by atoms with Gasteiger partial charge in [-0.25, -0.2) is 0 Å². The van der Waals surface area contributed by atoms with Crippen LogP contribution in [0.5, 0.6) is 0 Å². The molecule has 3 nitrogen and oxygen atoms in total. The average Bonchev–Trinajstić information content (AvgIpc) is 3.14. The van der Waals surface area contributed by atoms with Crippen LogP contribution >= 0.6 is 0 Å². The number of aryl methyl sites for hydroxylation is 1. The number of pyridine rings is 1. The molecule has 0 unspecified atom stereocenters. The Hall–Kier alpha value is -2.06. The summed E-state index contributed by atoms with van der Waals surface area (Å²) in [6.45, 7) is 1.33. The highest BCUT2D eigenvalue weighted by molar-refractivity contribution is 5.67. The maximum Gasteiger partial charge on any atom is 0.417 e.